The second kappa shape index (κ2) is 53.6. The zero-order valence-electron chi connectivity index (χ0n) is 84.5. The number of benzene rings is 2. The van der Waals surface area contributed by atoms with Crippen LogP contribution in [-0.2, 0) is 130 Å². The first-order chi connectivity index (χ1) is 70.1. The number of carbonyl (C=O) groups excluding carboxylic acids is 19. The van der Waals surface area contributed by atoms with Crippen LogP contribution in [0.3, 0.4) is 0 Å². The normalized spacial score (nSPS) is 21.3. The fourth-order valence-corrected chi connectivity index (χ4v) is 23.0. The molecule has 0 radical (unpaired) electrons. The van der Waals surface area contributed by atoms with Crippen molar-refractivity contribution in [3.8, 4) is 0 Å². The van der Waals surface area contributed by atoms with Crippen LogP contribution in [-0.4, -0.2) is 253 Å². The van der Waals surface area contributed by atoms with Gasteiger partial charge in [-0.05, 0) is 171 Å². The van der Waals surface area contributed by atoms with Gasteiger partial charge in [-0.25, -0.2) is 19.9 Å². The highest BCUT2D eigenvalue weighted by atomic mass is 32.1. The molecule has 5 aliphatic carbocycles. The van der Waals surface area contributed by atoms with Gasteiger partial charge in [0.1, 0.15) is 56.3 Å². The molecule has 786 valence electrons. The summed E-state index contributed by atoms with van der Waals surface area (Å²) in [6, 6.07) is 15.1. The SMILES string of the molecule is CC(C)(C)C(=O)N1CCC(NC(=O)C(=O)[C@H]2CCC(=O)N2Cc2ccccc2)CC1.Cc1csc(CN2C(=O)CCC2C(=O)C(=O)NCC2CC2)n1.Cc1csc(CN2C(=O)CCC2C(=O)C(=O)NCC2CCCC2)n1.Cc1csc(CN2C(=O)CCC2C(=O)C(=O)NCC2CCCCC2)n1.O=C(NC1CC1)C(=O)C1CCC(=O)N1Cc1ccccc1.O=C(NCC1CCCCC1)C(=O)C1CCC(=O)N1Cc1nccs1. The molecular formula is C106H139N17O19S4. The lowest BCUT2D eigenvalue weighted by atomic mass is 9.89. The molecule has 7 aliphatic heterocycles. The number of nitrogens with one attached hydrogen (secondary N) is 6. The molecule has 4 aromatic heterocycles. The third kappa shape index (κ3) is 32.3. The van der Waals surface area contributed by atoms with E-state index in [9.17, 15) is 91.1 Å². The van der Waals surface area contributed by atoms with Crippen LogP contribution in [0.1, 0.15) is 274 Å². The Morgan fingerprint density at radius 3 is 0.842 bits per heavy atom. The second-order valence-electron chi connectivity index (χ2n) is 41.2. The molecule has 13 amide bonds. The minimum atomic E-state index is -0.708. The molecule has 6 N–H and O–H groups in total. The summed E-state index contributed by atoms with van der Waals surface area (Å²) >= 11 is 5.86. The summed E-state index contributed by atoms with van der Waals surface area (Å²) < 4.78 is 0. The molecule has 6 atom stereocenters. The van der Waals surface area contributed by atoms with E-state index in [2.05, 4.69) is 51.8 Å². The van der Waals surface area contributed by atoms with E-state index in [4.69, 9.17) is 0 Å². The highest BCUT2D eigenvalue weighted by molar-refractivity contribution is 7.10. The number of hydrogen-bond acceptors (Lipinski definition) is 27. The molecule has 7 saturated heterocycles. The molecule has 0 bridgehead atoms. The van der Waals surface area contributed by atoms with Crippen LogP contribution in [0.2, 0.25) is 0 Å². The highest BCUT2D eigenvalue weighted by Gasteiger charge is 2.47. The average Bonchev–Trinajstić information content (AvgIpc) is 1.70. The number of Topliss-reactive ketones (excluding diaryl/α,β-unsaturated/α-hetero) is 6. The average molecular weight is 2080 g/mol. The molecule has 6 aromatic rings. The first kappa shape index (κ1) is 111. The van der Waals surface area contributed by atoms with E-state index in [1.807, 2.05) is 129 Å². The maximum absolute atomic E-state index is 12.8. The van der Waals surface area contributed by atoms with Crippen LogP contribution >= 0.6 is 45.3 Å². The predicted molar refractivity (Wildman–Crippen MR) is 545 cm³/mol. The van der Waals surface area contributed by atoms with Crippen LogP contribution < -0.4 is 31.9 Å². The van der Waals surface area contributed by atoms with Gasteiger partial charge in [0.05, 0.1) is 26.2 Å². The number of carbonyl (C=O) groups is 19. The molecule has 18 rings (SSSR count). The maximum Gasteiger partial charge on any atom is 0.289 e. The van der Waals surface area contributed by atoms with Crippen molar-refractivity contribution in [1.82, 2.24) is 86.1 Å². The van der Waals surface area contributed by atoms with Gasteiger partial charge in [0.2, 0.25) is 76.0 Å². The van der Waals surface area contributed by atoms with Crippen molar-refractivity contribution in [1.29, 1.82) is 0 Å². The molecule has 12 fully saturated rings. The van der Waals surface area contributed by atoms with E-state index >= 15 is 0 Å². The number of likely N-dealkylation sites (tertiary alicyclic amines) is 7. The lowest BCUT2D eigenvalue weighted by Gasteiger charge is -2.36. The van der Waals surface area contributed by atoms with Crippen molar-refractivity contribution < 1.29 is 91.1 Å². The molecule has 5 saturated carbocycles. The molecule has 2 aromatic carbocycles. The number of hydrogen-bond donors (Lipinski definition) is 6. The topological polar surface area (TPSA) is 471 Å². The Kier molecular flexibility index (Phi) is 40.9. The number of rotatable bonds is 34. The number of ketones is 6. The second-order valence-corrected chi connectivity index (χ2v) is 45.0. The number of piperidine rings is 1. The van der Waals surface area contributed by atoms with E-state index in [1.165, 1.54) is 126 Å². The van der Waals surface area contributed by atoms with Crippen LogP contribution in [0.5, 0.6) is 0 Å². The third-order valence-corrected chi connectivity index (χ3v) is 32.3. The molecule has 12 aliphatic rings. The molecule has 146 heavy (non-hydrogen) atoms. The maximum atomic E-state index is 12.8. The quantitative estimate of drug-likeness (QED) is 0.0204. The summed E-state index contributed by atoms with van der Waals surface area (Å²) in [5, 5.41) is 27.3. The summed E-state index contributed by atoms with van der Waals surface area (Å²) in [6.45, 7) is 16.7. The van der Waals surface area contributed by atoms with Gasteiger partial charge in [0.25, 0.3) is 35.4 Å². The van der Waals surface area contributed by atoms with Gasteiger partial charge in [-0.3, -0.25) is 91.1 Å². The standard InChI is InChI=1S/C23H31N3O4.C18H25N3O3S.2C17H23N3O3S.C16H18N2O3.C15H19N3O3S/c1-23(2,3)22(30)25-13-11-17(12-14-25)24-21(29)20(28)18-9-10-19(27)26(18)15-16-7-5-4-6-8-16;1-12-11-25-15(20-12)10-21-14(7-8-16(21)22)17(23)18(24)19-9-13-5-3-2-4-6-13;1-11-10-24-14(19-11)9-20-13(6-7-15(20)21)16(22)17(23)18-8-12-4-2-3-5-12;21-15-7-6-13(20(15)11-14-18-8-9-24-14)16(22)17(23)19-10-12-4-2-1-3-5-12;19-14-9-8-13(15(20)16(21)17-12-6-7-12)18(14)10-11-4-2-1-3-5-11;1-9-8-22-12(17-9)7-18-11(4-5-13(18)19)14(20)15(21)16-6-10-2-3-10/h4-8,17-18H,9-15H2,1-3H3,(H,24,29);11,13-14H,2-10H2,1H3,(H,19,24);10,12-13H,2-9H2,1H3,(H,18,23);8-9,12-13H,1-7,10-11H2,(H,19,23);1-5,12-13H,6-10H2,(H,17,21);8,10-11H,2-7H2,1H3,(H,16,21)/t18-;;;;;/m1...../s1. The number of thiazole rings is 4. The lowest BCUT2D eigenvalue weighted by Crippen LogP contribution is -2.52. The van der Waals surface area contributed by atoms with Gasteiger partial charge in [-0.15, -0.1) is 45.3 Å². The number of nitrogens with zero attached hydrogens (tertiary/aromatic N) is 11. The Morgan fingerprint density at radius 2 is 0.582 bits per heavy atom. The van der Waals surface area contributed by atoms with Crippen molar-refractivity contribution in [2.24, 2.45) is 29.1 Å². The van der Waals surface area contributed by atoms with Crippen molar-refractivity contribution in [3.05, 3.63) is 137 Å². The minimum Gasteiger partial charge on any atom is -0.349 e. The first-order valence-corrected chi connectivity index (χ1v) is 55.3. The number of aryl methyl sites for hydroxylation is 3. The summed E-state index contributed by atoms with van der Waals surface area (Å²) in [5.74, 6) is -4.81. The van der Waals surface area contributed by atoms with E-state index in [0.29, 0.717) is 186 Å². The van der Waals surface area contributed by atoms with Crippen molar-refractivity contribution in [3.63, 3.8) is 0 Å². The van der Waals surface area contributed by atoms with E-state index in [1.54, 1.807) is 6.20 Å². The fraction of sp³-hybridized carbons (Fsp3) is 0.594. The van der Waals surface area contributed by atoms with Crippen LogP contribution in [0.4, 0.5) is 0 Å². The van der Waals surface area contributed by atoms with Gasteiger partial charge < -0.3 is 66.2 Å². The molecule has 11 heterocycles. The lowest BCUT2D eigenvalue weighted by molar-refractivity contribution is -0.144. The molecule has 5 unspecified atom stereocenters. The van der Waals surface area contributed by atoms with Gasteiger partial charge >= 0.3 is 0 Å². The van der Waals surface area contributed by atoms with E-state index in [-0.39, 0.29) is 59.9 Å². The summed E-state index contributed by atoms with van der Waals surface area (Å²) in [6.07, 6.45) is 27.8. The Bertz CT molecular complexity index is 5610. The van der Waals surface area contributed by atoms with Gasteiger partial charge in [0, 0.05) is 153 Å². The van der Waals surface area contributed by atoms with Gasteiger partial charge in [-0.1, -0.05) is 133 Å². The van der Waals surface area contributed by atoms with Crippen molar-refractivity contribution >= 4 is 157 Å². The van der Waals surface area contributed by atoms with Crippen LogP contribution in [0.25, 0.3) is 0 Å². The predicted octanol–water partition coefficient (Wildman–Crippen LogP) is 9.89. The molecular weight excluding hydrogens is 1940 g/mol. The largest absolute Gasteiger partial charge is 0.349 e. The summed E-state index contributed by atoms with van der Waals surface area (Å²) in [4.78, 5) is 261. The number of amides is 13. The highest BCUT2D eigenvalue weighted by Crippen LogP contribution is 2.35. The molecule has 36 nitrogen and oxygen atoms in total. The van der Waals surface area contributed by atoms with E-state index in [0.717, 1.165) is 112 Å². The summed E-state index contributed by atoms with van der Waals surface area (Å²) in [7, 11) is 0. The monoisotopic (exact) mass is 2080 g/mol. The first-order valence-electron chi connectivity index (χ1n) is 51.8. The smallest absolute Gasteiger partial charge is 0.289 e. The molecule has 0 spiro atoms. The van der Waals surface area contributed by atoms with Gasteiger partial charge in [-0.2, -0.15) is 0 Å². The zero-order chi connectivity index (χ0) is 104. The van der Waals surface area contributed by atoms with Crippen molar-refractivity contribution in [2.45, 2.75) is 335 Å². The Labute approximate surface area is 868 Å². The fourth-order valence-electron chi connectivity index (χ4n) is 20.1. The Balaban J connectivity index is 0.000000147. The van der Waals surface area contributed by atoms with Crippen LogP contribution in [0, 0.1) is 49.9 Å². The van der Waals surface area contributed by atoms with Crippen molar-refractivity contribution in [2.75, 3.05) is 39.3 Å². The van der Waals surface area contributed by atoms with Gasteiger partial charge in [0.15, 0.2) is 0 Å². The molecule has 40 heteroatoms. The zero-order valence-corrected chi connectivity index (χ0v) is 87.8. The Hall–Kier alpha value is -11.9. The minimum absolute atomic E-state index is 0.0589. The third-order valence-electron chi connectivity index (χ3n) is 28.7. The van der Waals surface area contributed by atoms with E-state index < -0.39 is 112 Å². The summed E-state index contributed by atoms with van der Waals surface area (Å²) in [5.41, 5.74) is 4.17. The van der Waals surface area contributed by atoms with Crippen LogP contribution in [0.15, 0.2) is 88.4 Å². The Morgan fingerprint density at radius 1 is 0.315 bits per heavy atom. The number of aromatic nitrogens is 4.